The molecule has 0 aromatic rings. The van der Waals surface area contributed by atoms with Gasteiger partial charge in [0.15, 0.2) is 0 Å². The Bertz CT molecular complexity index is 158. The minimum Gasteiger partial charge on any atom is -0.394 e. The zero-order valence-corrected chi connectivity index (χ0v) is 12.8. The molecule has 0 fully saturated rings. The highest BCUT2D eigenvalue weighted by molar-refractivity contribution is 4.52. The van der Waals surface area contributed by atoms with Crippen LogP contribution in [-0.2, 0) is 4.74 Å². The van der Waals surface area contributed by atoms with Gasteiger partial charge in [0.25, 0.3) is 0 Å². The van der Waals surface area contributed by atoms with E-state index in [1.54, 1.807) is 0 Å². The van der Waals surface area contributed by atoms with Crippen molar-refractivity contribution in [3.63, 3.8) is 0 Å². The van der Waals surface area contributed by atoms with E-state index >= 15 is 0 Å². The first-order valence-electron chi connectivity index (χ1n) is 8.18. The van der Waals surface area contributed by atoms with E-state index in [4.69, 9.17) is 14.9 Å². The number of aliphatic hydroxyl groups is 2. The van der Waals surface area contributed by atoms with Crippen molar-refractivity contribution in [2.45, 2.75) is 83.7 Å². The van der Waals surface area contributed by atoms with Gasteiger partial charge in [-0.3, -0.25) is 0 Å². The second-order valence-electron chi connectivity index (χ2n) is 5.39. The highest BCUT2D eigenvalue weighted by atomic mass is 16.5. The van der Waals surface area contributed by atoms with Crippen molar-refractivity contribution >= 4 is 0 Å². The summed E-state index contributed by atoms with van der Waals surface area (Å²) in [6.07, 6.45) is 14.1. The molecule has 0 amide bonds. The average molecular weight is 274 g/mol. The monoisotopic (exact) mass is 274 g/mol. The zero-order valence-electron chi connectivity index (χ0n) is 12.8. The number of unbranched alkanes of at least 4 members (excludes halogenated alkanes) is 10. The van der Waals surface area contributed by atoms with Gasteiger partial charge in [0.1, 0.15) is 6.10 Å². The number of rotatable bonds is 15. The number of ether oxygens (including phenoxy) is 1. The molecule has 116 valence electrons. The third-order valence-corrected chi connectivity index (χ3v) is 3.51. The molecule has 0 heterocycles. The van der Waals surface area contributed by atoms with E-state index in [-0.39, 0.29) is 19.3 Å². The second kappa shape index (κ2) is 15.9. The Kier molecular flexibility index (Phi) is 15.8. The Morgan fingerprint density at radius 2 is 1.11 bits per heavy atom. The first-order valence-corrected chi connectivity index (χ1v) is 8.18. The highest BCUT2D eigenvalue weighted by Gasteiger charge is 2.04. The summed E-state index contributed by atoms with van der Waals surface area (Å²) in [7, 11) is 0. The number of hydrogen-bond acceptors (Lipinski definition) is 3. The summed E-state index contributed by atoms with van der Waals surface area (Å²) < 4.78 is 5.32. The predicted molar refractivity (Wildman–Crippen MR) is 80.4 cm³/mol. The molecule has 3 nitrogen and oxygen atoms in total. The predicted octanol–water partition coefficient (Wildman–Crippen LogP) is 3.67. The third-order valence-electron chi connectivity index (χ3n) is 3.51. The molecule has 19 heavy (non-hydrogen) atoms. The van der Waals surface area contributed by atoms with E-state index in [9.17, 15) is 0 Å². The molecule has 0 aliphatic heterocycles. The number of hydrogen-bond donors (Lipinski definition) is 2. The summed E-state index contributed by atoms with van der Waals surface area (Å²) in [5, 5.41) is 17.6. The Morgan fingerprint density at radius 1 is 0.684 bits per heavy atom. The molecule has 2 N–H and O–H groups in total. The van der Waals surface area contributed by atoms with E-state index in [0.29, 0.717) is 6.61 Å². The van der Waals surface area contributed by atoms with E-state index in [0.717, 1.165) is 6.42 Å². The maximum atomic E-state index is 8.82. The lowest BCUT2D eigenvalue weighted by Crippen LogP contribution is -2.22. The van der Waals surface area contributed by atoms with Crippen LogP contribution in [0.3, 0.4) is 0 Å². The molecule has 0 bridgehead atoms. The van der Waals surface area contributed by atoms with E-state index in [2.05, 4.69) is 6.92 Å². The van der Waals surface area contributed by atoms with Crippen LogP contribution < -0.4 is 0 Å². The summed E-state index contributed by atoms with van der Waals surface area (Å²) in [6.45, 7) is 2.74. The second-order valence-corrected chi connectivity index (χ2v) is 5.39. The highest BCUT2D eigenvalue weighted by Crippen LogP contribution is 2.11. The molecule has 0 aliphatic rings. The van der Waals surface area contributed by atoms with Crippen LogP contribution in [0.1, 0.15) is 77.6 Å². The van der Waals surface area contributed by atoms with Crippen LogP contribution in [0.25, 0.3) is 0 Å². The van der Waals surface area contributed by atoms with Gasteiger partial charge in [-0.15, -0.1) is 0 Å². The van der Waals surface area contributed by atoms with E-state index in [1.165, 1.54) is 64.2 Å². The van der Waals surface area contributed by atoms with Crippen molar-refractivity contribution in [3.8, 4) is 0 Å². The first-order chi connectivity index (χ1) is 9.35. The summed E-state index contributed by atoms with van der Waals surface area (Å²) in [6, 6.07) is 0. The van der Waals surface area contributed by atoms with Gasteiger partial charge in [0.2, 0.25) is 0 Å². The topological polar surface area (TPSA) is 49.7 Å². The molecule has 0 aromatic heterocycles. The number of aliphatic hydroxyl groups excluding tert-OH is 2. The normalized spacial score (nSPS) is 11.4. The van der Waals surface area contributed by atoms with Crippen molar-refractivity contribution in [2.75, 3.05) is 19.8 Å². The molecule has 0 spiro atoms. The minimum absolute atomic E-state index is 0.0888. The Labute approximate surface area is 119 Å². The van der Waals surface area contributed by atoms with Gasteiger partial charge >= 0.3 is 0 Å². The van der Waals surface area contributed by atoms with Crippen molar-refractivity contribution in [3.05, 3.63) is 0 Å². The van der Waals surface area contributed by atoms with Crippen molar-refractivity contribution in [1.82, 2.24) is 0 Å². The van der Waals surface area contributed by atoms with Crippen LogP contribution in [0.4, 0.5) is 0 Å². The van der Waals surface area contributed by atoms with E-state index in [1.807, 2.05) is 0 Å². The van der Waals surface area contributed by atoms with Crippen LogP contribution in [0.15, 0.2) is 0 Å². The van der Waals surface area contributed by atoms with Gasteiger partial charge in [0.05, 0.1) is 13.2 Å². The maximum absolute atomic E-state index is 8.82. The molecular weight excluding hydrogens is 240 g/mol. The Balaban J connectivity index is 3.02. The van der Waals surface area contributed by atoms with Gasteiger partial charge in [-0.25, -0.2) is 0 Å². The van der Waals surface area contributed by atoms with Crippen molar-refractivity contribution in [1.29, 1.82) is 0 Å². The summed E-state index contributed by atoms with van der Waals surface area (Å²) in [5.41, 5.74) is 0. The fourth-order valence-electron chi connectivity index (χ4n) is 2.18. The van der Waals surface area contributed by atoms with Crippen LogP contribution >= 0.6 is 0 Å². The third kappa shape index (κ3) is 14.1. The van der Waals surface area contributed by atoms with Crippen LogP contribution in [0, 0.1) is 0 Å². The Hall–Kier alpha value is -0.120. The minimum atomic E-state index is -0.386. The fourth-order valence-corrected chi connectivity index (χ4v) is 2.18. The average Bonchev–Trinajstić information content (AvgIpc) is 2.44. The quantitative estimate of drug-likeness (QED) is 0.448. The van der Waals surface area contributed by atoms with Crippen molar-refractivity contribution < 1.29 is 14.9 Å². The molecule has 0 saturated heterocycles. The van der Waals surface area contributed by atoms with Gasteiger partial charge in [-0.1, -0.05) is 71.1 Å². The standard InChI is InChI=1S/C16H34O3/c1-2-3-4-5-6-7-8-9-10-11-12-13-19-16(14-17)15-18/h16-18H,2-15H2,1H3. The molecule has 0 unspecified atom stereocenters. The molecular formula is C16H34O3. The van der Waals surface area contributed by atoms with E-state index < -0.39 is 0 Å². The van der Waals surface area contributed by atoms with Gasteiger partial charge in [-0.05, 0) is 6.42 Å². The molecule has 0 saturated carbocycles. The largest absolute Gasteiger partial charge is 0.394 e. The molecule has 0 atom stereocenters. The lowest BCUT2D eigenvalue weighted by atomic mass is 10.1. The van der Waals surface area contributed by atoms with Gasteiger partial charge < -0.3 is 14.9 Å². The molecule has 0 radical (unpaired) electrons. The maximum Gasteiger partial charge on any atom is 0.104 e. The lowest BCUT2D eigenvalue weighted by molar-refractivity contribution is -0.0208. The Morgan fingerprint density at radius 3 is 1.53 bits per heavy atom. The van der Waals surface area contributed by atoms with Gasteiger partial charge in [-0.2, -0.15) is 0 Å². The van der Waals surface area contributed by atoms with Crippen LogP contribution in [0.5, 0.6) is 0 Å². The van der Waals surface area contributed by atoms with Crippen LogP contribution in [0.2, 0.25) is 0 Å². The fraction of sp³-hybridized carbons (Fsp3) is 1.00. The molecule has 0 rings (SSSR count). The SMILES string of the molecule is CCCCCCCCCCCCCOC(CO)CO. The van der Waals surface area contributed by atoms with Crippen molar-refractivity contribution in [2.24, 2.45) is 0 Å². The van der Waals surface area contributed by atoms with Crippen LogP contribution in [-0.4, -0.2) is 36.1 Å². The first kappa shape index (κ1) is 18.9. The smallest absolute Gasteiger partial charge is 0.104 e. The van der Waals surface area contributed by atoms with Gasteiger partial charge in [0, 0.05) is 6.61 Å². The summed E-state index contributed by atoms with van der Waals surface area (Å²) in [4.78, 5) is 0. The molecule has 0 aromatic carbocycles. The zero-order chi connectivity index (χ0) is 14.2. The molecule has 0 aliphatic carbocycles. The summed E-state index contributed by atoms with van der Waals surface area (Å²) >= 11 is 0. The molecule has 3 heteroatoms. The summed E-state index contributed by atoms with van der Waals surface area (Å²) in [5.74, 6) is 0. The lowest BCUT2D eigenvalue weighted by Gasteiger charge is -2.11.